The second kappa shape index (κ2) is 11.7. The van der Waals surface area contributed by atoms with E-state index in [-0.39, 0.29) is 0 Å². The summed E-state index contributed by atoms with van der Waals surface area (Å²) in [4.78, 5) is 11.5. The highest BCUT2D eigenvalue weighted by Crippen LogP contribution is 2.15. The lowest BCUT2D eigenvalue weighted by molar-refractivity contribution is 0.0427. The summed E-state index contributed by atoms with van der Waals surface area (Å²) < 4.78 is 11.6. The third kappa shape index (κ3) is 8.61. The zero-order chi connectivity index (χ0) is 16.2. The van der Waals surface area contributed by atoms with Gasteiger partial charge in [-0.25, -0.2) is 4.79 Å². The van der Waals surface area contributed by atoms with Crippen LogP contribution < -0.4 is 0 Å². The normalized spacial score (nSPS) is 12.0. The fourth-order valence-electron chi connectivity index (χ4n) is 2.19. The zero-order valence-corrected chi connectivity index (χ0v) is 15.8. The largest absolute Gasteiger partial charge is 0.508 e. The van der Waals surface area contributed by atoms with Crippen LogP contribution in [-0.4, -0.2) is 19.4 Å². The summed E-state index contributed by atoms with van der Waals surface area (Å²) in [7, 11) is 0. The SMILES string of the molecule is CCCCCCOC(=O)OC[C@H](CC)Cc1ccc(I)cc1. The smallest absolute Gasteiger partial charge is 0.434 e. The molecule has 0 aliphatic heterocycles. The van der Waals surface area contributed by atoms with Gasteiger partial charge in [-0.1, -0.05) is 45.2 Å². The topological polar surface area (TPSA) is 35.5 Å². The van der Waals surface area contributed by atoms with Gasteiger partial charge in [0, 0.05) is 3.57 Å². The average molecular weight is 418 g/mol. The van der Waals surface area contributed by atoms with Crippen LogP contribution in [-0.2, 0) is 15.9 Å². The first kappa shape index (κ1) is 19.3. The molecule has 0 heterocycles. The van der Waals surface area contributed by atoms with Crippen LogP contribution in [0.3, 0.4) is 0 Å². The molecular weight excluding hydrogens is 391 g/mol. The Bertz CT molecular complexity index is 417. The maximum absolute atomic E-state index is 11.5. The number of hydrogen-bond donors (Lipinski definition) is 0. The molecule has 0 aromatic heterocycles. The molecule has 0 aliphatic carbocycles. The maximum Gasteiger partial charge on any atom is 0.508 e. The summed E-state index contributed by atoms with van der Waals surface area (Å²) in [5.74, 6) is 0.340. The predicted octanol–water partition coefficient (Wildman–Crippen LogP) is 5.59. The molecule has 0 bridgehead atoms. The number of ether oxygens (including phenoxy) is 2. The van der Waals surface area contributed by atoms with Gasteiger partial charge >= 0.3 is 6.16 Å². The van der Waals surface area contributed by atoms with Crippen LogP contribution >= 0.6 is 22.6 Å². The van der Waals surface area contributed by atoms with Crippen molar-refractivity contribution in [3.05, 3.63) is 33.4 Å². The molecule has 4 heteroatoms. The molecule has 0 spiro atoms. The van der Waals surface area contributed by atoms with Crippen molar-refractivity contribution in [3.63, 3.8) is 0 Å². The first-order chi connectivity index (χ1) is 10.7. The van der Waals surface area contributed by atoms with Crippen LogP contribution in [0.2, 0.25) is 0 Å². The third-order valence-corrected chi connectivity index (χ3v) is 4.39. The van der Waals surface area contributed by atoms with Crippen molar-refractivity contribution in [2.24, 2.45) is 5.92 Å². The Morgan fingerprint density at radius 2 is 1.82 bits per heavy atom. The van der Waals surface area contributed by atoms with Crippen LogP contribution in [0.25, 0.3) is 0 Å². The lowest BCUT2D eigenvalue weighted by Gasteiger charge is -2.15. The zero-order valence-electron chi connectivity index (χ0n) is 13.6. The van der Waals surface area contributed by atoms with E-state index in [1.54, 1.807) is 0 Å². The number of benzene rings is 1. The van der Waals surface area contributed by atoms with Gasteiger partial charge in [0.1, 0.15) is 0 Å². The van der Waals surface area contributed by atoms with Crippen LogP contribution in [0, 0.1) is 9.49 Å². The number of unbranched alkanes of at least 4 members (excludes halogenated alkanes) is 3. The van der Waals surface area contributed by atoms with Crippen molar-refractivity contribution >= 4 is 28.7 Å². The molecule has 124 valence electrons. The summed E-state index contributed by atoms with van der Waals surface area (Å²) >= 11 is 2.30. The summed E-state index contributed by atoms with van der Waals surface area (Å²) in [6, 6.07) is 8.48. The maximum atomic E-state index is 11.5. The summed E-state index contributed by atoms with van der Waals surface area (Å²) in [6.45, 7) is 5.17. The Balaban J connectivity index is 2.22. The minimum Gasteiger partial charge on any atom is -0.434 e. The van der Waals surface area contributed by atoms with Crippen molar-refractivity contribution in [3.8, 4) is 0 Å². The van der Waals surface area contributed by atoms with E-state index in [0.717, 1.165) is 25.7 Å². The van der Waals surface area contributed by atoms with Gasteiger partial charge in [0.05, 0.1) is 13.2 Å². The van der Waals surface area contributed by atoms with Gasteiger partial charge in [-0.3, -0.25) is 0 Å². The first-order valence-electron chi connectivity index (χ1n) is 8.19. The van der Waals surface area contributed by atoms with Gasteiger partial charge in [-0.15, -0.1) is 0 Å². The number of halogens is 1. The van der Waals surface area contributed by atoms with Gasteiger partial charge in [0.15, 0.2) is 0 Å². The summed E-state index contributed by atoms with van der Waals surface area (Å²) in [6.07, 6.45) is 5.77. The van der Waals surface area contributed by atoms with Crippen molar-refractivity contribution in [1.82, 2.24) is 0 Å². The van der Waals surface area contributed by atoms with Gasteiger partial charge in [-0.05, 0) is 65.5 Å². The Kier molecular flexibility index (Phi) is 10.3. The quantitative estimate of drug-likeness (QED) is 0.282. The van der Waals surface area contributed by atoms with Crippen molar-refractivity contribution in [1.29, 1.82) is 0 Å². The monoisotopic (exact) mass is 418 g/mol. The number of carbonyl (C=O) groups is 1. The number of carbonyl (C=O) groups excluding carboxylic acids is 1. The van der Waals surface area contributed by atoms with E-state index < -0.39 is 6.16 Å². The molecule has 0 N–H and O–H groups in total. The molecule has 0 fully saturated rings. The van der Waals surface area contributed by atoms with E-state index in [1.165, 1.54) is 22.0 Å². The Hall–Kier alpha value is -0.780. The number of rotatable bonds is 10. The second-order valence-corrected chi connectivity index (χ2v) is 6.82. The molecule has 0 aliphatic rings. The van der Waals surface area contributed by atoms with Crippen LogP contribution in [0.15, 0.2) is 24.3 Å². The van der Waals surface area contributed by atoms with Gasteiger partial charge in [0.25, 0.3) is 0 Å². The molecule has 0 amide bonds. The first-order valence-corrected chi connectivity index (χ1v) is 9.27. The lowest BCUT2D eigenvalue weighted by Crippen LogP contribution is -2.17. The van der Waals surface area contributed by atoms with Gasteiger partial charge in [0.2, 0.25) is 0 Å². The van der Waals surface area contributed by atoms with E-state index in [0.29, 0.717) is 19.1 Å². The minimum absolute atomic E-state index is 0.340. The Morgan fingerprint density at radius 3 is 2.45 bits per heavy atom. The van der Waals surface area contributed by atoms with E-state index >= 15 is 0 Å². The molecule has 0 saturated carbocycles. The highest BCUT2D eigenvalue weighted by Gasteiger charge is 2.12. The molecule has 0 unspecified atom stereocenters. The highest BCUT2D eigenvalue weighted by molar-refractivity contribution is 14.1. The van der Waals surface area contributed by atoms with Crippen molar-refractivity contribution in [2.75, 3.05) is 13.2 Å². The van der Waals surface area contributed by atoms with Crippen molar-refractivity contribution < 1.29 is 14.3 Å². The summed E-state index contributed by atoms with van der Waals surface area (Å²) in [5.41, 5.74) is 1.28. The van der Waals surface area contributed by atoms with Gasteiger partial charge in [-0.2, -0.15) is 0 Å². The summed E-state index contributed by atoms with van der Waals surface area (Å²) in [5, 5.41) is 0. The van der Waals surface area contributed by atoms with E-state index in [1.807, 2.05) is 0 Å². The van der Waals surface area contributed by atoms with Crippen LogP contribution in [0.4, 0.5) is 4.79 Å². The molecule has 3 nitrogen and oxygen atoms in total. The molecular formula is C18H27IO3. The molecule has 0 radical (unpaired) electrons. The molecule has 1 rings (SSSR count). The fourth-order valence-corrected chi connectivity index (χ4v) is 2.55. The predicted molar refractivity (Wildman–Crippen MR) is 98.1 cm³/mol. The lowest BCUT2D eigenvalue weighted by atomic mass is 9.98. The van der Waals surface area contributed by atoms with E-state index in [9.17, 15) is 4.79 Å². The average Bonchev–Trinajstić information content (AvgIpc) is 2.53. The Labute approximate surface area is 147 Å². The minimum atomic E-state index is -0.530. The number of hydrogen-bond acceptors (Lipinski definition) is 3. The van der Waals surface area contributed by atoms with Gasteiger partial charge < -0.3 is 9.47 Å². The van der Waals surface area contributed by atoms with Crippen LogP contribution in [0.5, 0.6) is 0 Å². The molecule has 0 saturated heterocycles. The molecule has 1 aromatic rings. The van der Waals surface area contributed by atoms with Crippen molar-refractivity contribution in [2.45, 2.75) is 52.4 Å². The van der Waals surface area contributed by atoms with Crippen LogP contribution in [0.1, 0.15) is 51.5 Å². The fraction of sp³-hybridized carbons (Fsp3) is 0.611. The Morgan fingerprint density at radius 1 is 1.09 bits per heavy atom. The molecule has 1 aromatic carbocycles. The van der Waals surface area contributed by atoms with E-state index in [2.05, 4.69) is 60.7 Å². The second-order valence-electron chi connectivity index (χ2n) is 5.57. The highest BCUT2D eigenvalue weighted by atomic mass is 127. The third-order valence-electron chi connectivity index (χ3n) is 3.67. The molecule has 1 atom stereocenters. The van der Waals surface area contributed by atoms with E-state index in [4.69, 9.17) is 9.47 Å². The standard InChI is InChI=1S/C18H27IO3/c1-3-5-6-7-12-21-18(20)22-14-15(4-2)13-16-8-10-17(19)11-9-16/h8-11,15H,3-7,12-14H2,1-2H3/t15-/m1/s1. The molecule has 22 heavy (non-hydrogen) atoms.